The number of nitrogens with zero attached hydrogens (tertiary/aromatic N) is 2. The quantitative estimate of drug-likeness (QED) is 0.125. The van der Waals surface area contributed by atoms with E-state index in [0.717, 1.165) is 62.7 Å². The number of nitrogens with one attached hydrogen (secondary N) is 3. The number of hydrogen-bond donors (Lipinski definition) is 3. The highest BCUT2D eigenvalue weighted by molar-refractivity contribution is 6.07. The van der Waals surface area contributed by atoms with Crippen LogP contribution in [-0.2, 0) is 4.79 Å². The summed E-state index contributed by atoms with van der Waals surface area (Å²) in [5.41, 5.74) is 3.56. The molecule has 0 aliphatic carbocycles. The van der Waals surface area contributed by atoms with E-state index in [-0.39, 0.29) is 23.5 Å². The third kappa shape index (κ3) is 6.84. The molecular weight excluding hydrogens is 549 g/mol. The number of amides is 2. The zero-order chi connectivity index (χ0) is 30.2. The Morgan fingerprint density at radius 3 is 2.95 bits per heavy atom. The van der Waals surface area contributed by atoms with Crippen LogP contribution in [0.1, 0.15) is 67.4 Å². The topological polar surface area (TPSA) is 109 Å². The molecule has 3 aromatic rings. The number of anilines is 2. The minimum absolute atomic E-state index is 0.0250. The van der Waals surface area contributed by atoms with Crippen LogP contribution in [0.3, 0.4) is 0 Å². The van der Waals surface area contributed by atoms with Gasteiger partial charge in [-0.25, -0.2) is 4.39 Å². The summed E-state index contributed by atoms with van der Waals surface area (Å²) >= 11 is 0. The van der Waals surface area contributed by atoms with E-state index in [4.69, 9.17) is 9.47 Å². The van der Waals surface area contributed by atoms with Crippen LogP contribution in [0.2, 0.25) is 0 Å². The van der Waals surface area contributed by atoms with Crippen molar-refractivity contribution in [1.82, 2.24) is 20.2 Å². The number of fused-ring (bicyclic) bond motifs is 1. The summed E-state index contributed by atoms with van der Waals surface area (Å²) < 4.78 is 26.4. The number of para-hydroxylation sites is 1. The molecule has 10 heteroatoms. The van der Waals surface area contributed by atoms with Crippen molar-refractivity contribution >= 4 is 23.7 Å². The molecule has 2 amide bonds. The number of rotatable bonds is 13. The summed E-state index contributed by atoms with van der Waals surface area (Å²) in [5, 5.41) is 6.37. The molecule has 9 nitrogen and oxygen atoms in total. The molecule has 0 bridgehead atoms. The number of carbonyl (C=O) groups excluding carboxylic acids is 2. The monoisotopic (exact) mass is 589 g/mol. The summed E-state index contributed by atoms with van der Waals surface area (Å²) in [6.07, 6.45) is 14.6. The van der Waals surface area contributed by atoms with Crippen molar-refractivity contribution in [1.29, 1.82) is 0 Å². The summed E-state index contributed by atoms with van der Waals surface area (Å²) in [6.45, 7) is 4.51. The Labute approximate surface area is 251 Å². The van der Waals surface area contributed by atoms with Gasteiger partial charge >= 0.3 is 0 Å². The molecule has 0 radical (unpaired) electrons. The number of aromatic nitrogens is 2. The molecule has 1 aromatic carbocycles. The minimum Gasteiger partial charge on any atom is -0.492 e. The molecule has 2 unspecified atom stereocenters. The lowest BCUT2D eigenvalue weighted by molar-refractivity contribution is -0.119. The highest BCUT2D eigenvalue weighted by atomic mass is 19.1. The van der Waals surface area contributed by atoms with Crippen molar-refractivity contribution in [2.75, 3.05) is 38.7 Å². The Morgan fingerprint density at radius 2 is 2.14 bits per heavy atom. The van der Waals surface area contributed by atoms with Crippen molar-refractivity contribution in [3.63, 3.8) is 0 Å². The number of ether oxygens (including phenoxy) is 2. The fraction of sp³-hybridized carbons (Fsp3) is 0.424. The number of pyridine rings is 1. The van der Waals surface area contributed by atoms with Gasteiger partial charge < -0.3 is 30.0 Å². The van der Waals surface area contributed by atoms with Gasteiger partial charge in [-0.2, -0.15) is 0 Å². The van der Waals surface area contributed by atoms with Crippen LogP contribution < -0.4 is 20.1 Å². The smallest absolute Gasteiger partial charge is 0.255 e. The van der Waals surface area contributed by atoms with Gasteiger partial charge in [0.15, 0.2) is 11.6 Å². The third-order valence-corrected chi connectivity index (χ3v) is 8.14. The second-order valence-electron chi connectivity index (χ2n) is 11.2. The number of likely N-dealkylation sites (tertiary alicyclic amines) is 1. The first-order valence-electron chi connectivity index (χ1n) is 15.1. The van der Waals surface area contributed by atoms with Crippen LogP contribution >= 0.6 is 0 Å². The van der Waals surface area contributed by atoms with E-state index >= 15 is 0 Å². The lowest BCUT2D eigenvalue weighted by atomic mass is 9.93. The highest BCUT2D eigenvalue weighted by Gasteiger charge is 2.33. The second-order valence-corrected chi connectivity index (χ2v) is 11.2. The minimum atomic E-state index is -0.511. The van der Waals surface area contributed by atoms with Gasteiger partial charge in [0.1, 0.15) is 5.75 Å². The standard InChI is InChI=1S/C33H40FN5O4/c1-3-4-5-6-7-11-23-17-36-33(41)28-29(23)38-30(31(28)37-26-13-8-12-25(34)32(26)42-2)24-14-15-35-18-27(24)43-20-22-10-9-16-39(19-22)21-40/h6-8,12-15,18,21-23,37-38H,3-5,9-11,16-17,19-20H2,1-2H3,(H,36,41)/b7-6-. The summed E-state index contributed by atoms with van der Waals surface area (Å²) in [7, 11) is 1.41. The number of halogens is 1. The van der Waals surface area contributed by atoms with E-state index in [1.807, 2.05) is 6.07 Å². The lowest BCUT2D eigenvalue weighted by Gasteiger charge is -2.29. The number of unbranched alkanes of at least 4 members (excludes halogenated alkanes) is 2. The Bertz CT molecular complexity index is 1460. The van der Waals surface area contributed by atoms with Crippen molar-refractivity contribution in [2.45, 2.75) is 51.4 Å². The van der Waals surface area contributed by atoms with Crippen LogP contribution in [0.5, 0.6) is 11.5 Å². The lowest BCUT2D eigenvalue weighted by Crippen LogP contribution is -2.36. The molecule has 2 aromatic heterocycles. The van der Waals surface area contributed by atoms with Crippen molar-refractivity contribution in [3.8, 4) is 22.8 Å². The number of piperidine rings is 1. The average Bonchev–Trinajstić information content (AvgIpc) is 3.41. The van der Waals surface area contributed by atoms with Gasteiger partial charge in [-0.05, 0) is 43.9 Å². The molecule has 228 valence electrons. The van der Waals surface area contributed by atoms with E-state index in [1.165, 1.54) is 13.2 Å². The number of hydrogen-bond acceptors (Lipinski definition) is 6. The van der Waals surface area contributed by atoms with Gasteiger partial charge in [-0.1, -0.05) is 38.0 Å². The number of benzene rings is 1. The molecular formula is C33H40FN5O4. The second kappa shape index (κ2) is 14.2. The Kier molecular flexibility index (Phi) is 9.96. The van der Waals surface area contributed by atoms with Crippen LogP contribution in [0.4, 0.5) is 15.8 Å². The molecule has 4 heterocycles. The SMILES string of the molecule is CCCC/C=C\CC1CNC(=O)c2c1[nH]c(-c1ccncc1OCC1CCCN(C=O)C1)c2Nc1cccc(F)c1OC. The molecule has 0 spiro atoms. The molecule has 0 saturated carbocycles. The summed E-state index contributed by atoms with van der Waals surface area (Å²) in [6, 6.07) is 6.48. The van der Waals surface area contributed by atoms with E-state index in [1.54, 1.807) is 29.4 Å². The molecule has 43 heavy (non-hydrogen) atoms. The summed E-state index contributed by atoms with van der Waals surface area (Å²) in [4.78, 5) is 34.4. The molecule has 1 fully saturated rings. The maximum Gasteiger partial charge on any atom is 0.255 e. The van der Waals surface area contributed by atoms with E-state index < -0.39 is 5.82 Å². The molecule has 2 aliphatic heterocycles. The Balaban J connectivity index is 1.54. The molecule has 3 N–H and O–H groups in total. The fourth-order valence-corrected chi connectivity index (χ4v) is 5.88. The molecule has 1 saturated heterocycles. The predicted octanol–water partition coefficient (Wildman–Crippen LogP) is 6.18. The van der Waals surface area contributed by atoms with E-state index in [0.29, 0.717) is 48.1 Å². The number of carbonyl (C=O) groups is 2. The zero-order valence-electron chi connectivity index (χ0n) is 24.8. The molecule has 2 aliphatic rings. The van der Waals surface area contributed by atoms with Crippen molar-refractivity contribution in [3.05, 3.63) is 65.9 Å². The molecule has 2 atom stereocenters. The number of H-pyrrole nitrogens is 1. The molecule has 5 rings (SSSR count). The number of aromatic amines is 1. The normalized spacial score (nSPS) is 18.3. The maximum absolute atomic E-state index is 14.7. The first-order chi connectivity index (χ1) is 21.0. The maximum atomic E-state index is 14.7. The van der Waals surface area contributed by atoms with Gasteiger partial charge in [0.2, 0.25) is 6.41 Å². The van der Waals surface area contributed by atoms with Gasteiger partial charge in [-0.15, -0.1) is 0 Å². The summed E-state index contributed by atoms with van der Waals surface area (Å²) in [5.74, 6) is 0.106. The Hall–Kier alpha value is -4.34. The largest absolute Gasteiger partial charge is 0.492 e. The van der Waals surface area contributed by atoms with Gasteiger partial charge in [0.25, 0.3) is 5.91 Å². The van der Waals surface area contributed by atoms with Gasteiger partial charge in [0, 0.05) is 48.9 Å². The van der Waals surface area contributed by atoms with Gasteiger partial charge in [-0.3, -0.25) is 14.6 Å². The third-order valence-electron chi connectivity index (χ3n) is 8.14. The predicted molar refractivity (Wildman–Crippen MR) is 164 cm³/mol. The van der Waals surface area contributed by atoms with Crippen LogP contribution in [0.25, 0.3) is 11.3 Å². The van der Waals surface area contributed by atoms with E-state index in [2.05, 4.69) is 39.7 Å². The first kappa shape index (κ1) is 30.1. The van der Waals surface area contributed by atoms with Gasteiger partial charge in [0.05, 0.1) is 42.5 Å². The number of allylic oxidation sites excluding steroid dienone is 2. The number of methoxy groups -OCH3 is 1. The van der Waals surface area contributed by atoms with Crippen molar-refractivity contribution < 1.29 is 23.5 Å². The van der Waals surface area contributed by atoms with Crippen LogP contribution in [-0.4, -0.2) is 60.5 Å². The zero-order valence-corrected chi connectivity index (χ0v) is 24.8. The van der Waals surface area contributed by atoms with Crippen LogP contribution in [0, 0.1) is 11.7 Å². The average molecular weight is 590 g/mol. The van der Waals surface area contributed by atoms with E-state index in [9.17, 15) is 14.0 Å². The Morgan fingerprint density at radius 1 is 1.26 bits per heavy atom. The van der Waals surface area contributed by atoms with Crippen molar-refractivity contribution in [2.24, 2.45) is 5.92 Å². The first-order valence-corrected chi connectivity index (χ1v) is 15.1. The van der Waals surface area contributed by atoms with Crippen LogP contribution in [0.15, 0.2) is 48.8 Å². The highest BCUT2D eigenvalue weighted by Crippen LogP contribution is 2.44. The fourth-order valence-electron chi connectivity index (χ4n) is 5.88.